The van der Waals surface area contributed by atoms with E-state index in [1.54, 1.807) is 13.8 Å². The van der Waals surface area contributed by atoms with E-state index in [2.05, 4.69) is 16.0 Å². The zero-order valence-corrected chi connectivity index (χ0v) is 21.9. The Bertz CT molecular complexity index is 744. The van der Waals surface area contributed by atoms with Crippen molar-refractivity contribution in [2.75, 3.05) is 6.54 Å². The number of primary amides is 1. The summed E-state index contributed by atoms with van der Waals surface area (Å²) in [5.41, 5.74) is 12.3. The summed E-state index contributed by atoms with van der Waals surface area (Å²) in [6, 6.07) is -3.51. The van der Waals surface area contributed by atoms with E-state index in [-0.39, 0.29) is 18.8 Å². The summed E-state index contributed by atoms with van der Waals surface area (Å²) in [5.74, 6) is -4.74. The number of nitrogens with one attached hydrogen (secondary N) is 4. The first-order chi connectivity index (χ1) is 16.7. The summed E-state index contributed by atoms with van der Waals surface area (Å²) >= 11 is 0. The predicted molar refractivity (Wildman–Crippen MR) is 132 cm³/mol. The zero-order chi connectivity index (χ0) is 28.0. The monoisotopic (exact) mass is 516 g/mol. The van der Waals surface area contributed by atoms with Crippen LogP contribution in [-0.4, -0.2) is 70.6 Å². The Morgan fingerprint density at radius 3 is 1.83 bits per heavy atom. The van der Waals surface area contributed by atoms with Crippen LogP contribution in [-0.2, 0) is 24.0 Å². The van der Waals surface area contributed by atoms with E-state index >= 15 is 0 Å². The van der Waals surface area contributed by atoms with Gasteiger partial charge in [0.1, 0.15) is 18.1 Å². The SMILES string of the molecule is CC(C)C[C@H](CC(=O)NO)C(=O)N[C@H](C(=O)N[C@H](C(=O)N[C@@H](CCCCN)C(N)=O)[C@@H](C)O)C(C)C. The maximum Gasteiger partial charge on any atom is 0.245 e. The van der Waals surface area contributed by atoms with Gasteiger partial charge in [-0.25, -0.2) is 5.48 Å². The van der Waals surface area contributed by atoms with E-state index in [0.29, 0.717) is 25.8 Å². The van der Waals surface area contributed by atoms with E-state index in [0.717, 1.165) is 0 Å². The Morgan fingerprint density at radius 1 is 0.833 bits per heavy atom. The molecule has 13 nitrogen and oxygen atoms in total. The number of amides is 5. The largest absolute Gasteiger partial charge is 0.391 e. The van der Waals surface area contributed by atoms with Gasteiger partial charge in [0.15, 0.2) is 0 Å². The van der Waals surface area contributed by atoms with E-state index in [9.17, 15) is 29.1 Å². The van der Waals surface area contributed by atoms with Crippen molar-refractivity contribution >= 4 is 29.5 Å². The average Bonchev–Trinajstić information content (AvgIpc) is 2.78. The van der Waals surface area contributed by atoms with Crippen LogP contribution in [0.3, 0.4) is 0 Å². The minimum absolute atomic E-state index is 0.0601. The van der Waals surface area contributed by atoms with Crippen molar-refractivity contribution in [1.29, 1.82) is 0 Å². The van der Waals surface area contributed by atoms with Crippen molar-refractivity contribution in [3.05, 3.63) is 0 Å². The second kappa shape index (κ2) is 16.8. The lowest BCUT2D eigenvalue weighted by Gasteiger charge is -2.28. The summed E-state index contributed by atoms with van der Waals surface area (Å²) in [7, 11) is 0. The molecule has 0 aliphatic carbocycles. The van der Waals surface area contributed by atoms with Gasteiger partial charge in [-0.1, -0.05) is 27.7 Å². The van der Waals surface area contributed by atoms with Crippen molar-refractivity contribution < 1.29 is 34.3 Å². The Hall–Kier alpha value is -2.77. The Kier molecular flexibility index (Phi) is 15.5. The number of nitrogens with two attached hydrogens (primary N) is 2. The highest BCUT2D eigenvalue weighted by molar-refractivity contribution is 5.95. The number of aliphatic hydroxyl groups is 1. The molecule has 5 amide bonds. The highest BCUT2D eigenvalue weighted by atomic mass is 16.5. The van der Waals surface area contributed by atoms with Crippen LogP contribution in [0.1, 0.15) is 66.7 Å². The Labute approximate surface area is 212 Å². The Morgan fingerprint density at radius 2 is 1.39 bits per heavy atom. The molecule has 0 aliphatic rings. The van der Waals surface area contributed by atoms with Crippen LogP contribution in [0, 0.1) is 17.8 Å². The Balaban J connectivity index is 5.52. The van der Waals surface area contributed by atoms with Crippen LogP contribution in [0.25, 0.3) is 0 Å². The lowest BCUT2D eigenvalue weighted by atomic mass is 9.92. The molecule has 0 aromatic heterocycles. The first-order valence-corrected chi connectivity index (χ1v) is 12.3. The molecule has 0 aliphatic heterocycles. The fourth-order valence-electron chi connectivity index (χ4n) is 3.62. The fraction of sp³-hybridized carbons (Fsp3) is 0.783. The van der Waals surface area contributed by atoms with Gasteiger partial charge in [-0.2, -0.15) is 0 Å². The molecule has 208 valence electrons. The van der Waals surface area contributed by atoms with Crippen LogP contribution in [0.5, 0.6) is 0 Å². The molecule has 0 saturated heterocycles. The molecular formula is C23H44N6O7. The molecular weight excluding hydrogens is 472 g/mol. The van der Waals surface area contributed by atoms with Gasteiger partial charge in [0.25, 0.3) is 0 Å². The second-order valence-electron chi connectivity index (χ2n) is 9.77. The molecule has 36 heavy (non-hydrogen) atoms. The summed E-state index contributed by atoms with van der Waals surface area (Å²) in [6.45, 7) is 8.81. The molecule has 5 atom stereocenters. The van der Waals surface area contributed by atoms with Crippen molar-refractivity contribution in [1.82, 2.24) is 21.4 Å². The van der Waals surface area contributed by atoms with Gasteiger partial charge in [-0.3, -0.25) is 29.2 Å². The number of carbonyl (C=O) groups excluding carboxylic acids is 5. The number of rotatable bonds is 17. The molecule has 0 heterocycles. The molecule has 0 fully saturated rings. The van der Waals surface area contributed by atoms with Gasteiger partial charge in [0, 0.05) is 12.3 Å². The summed E-state index contributed by atoms with van der Waals surface area (Å²) in [5, 5.41) is 26.5. The van der Waals surface area contributed by atoms with E-state index in [1.165, 1.54) is 12.4 Å². The maximum absolute atomic E-state index is 13.1. The average molecular weight is 517 g/mol. The third-order valence-electron chi connectivity index (χ3n) is 5.60. The third-order valence-corrected chi connectivity index (χ3v) is 5.60. The van der Waals surface area contributed by atoms with Crippen molar-refractivity contribution in [3.63, 3.8) is 0 Å². The van der Waals surface area contributed by atoms with E-state index in [4.69, 9.17) is 16.7 Å². The molecule has 0 aromatic rings. The summed E-state index contributed by atoms with van der Waals surface area (Å²) in [6.07, 6.45) is 0.166. The van der Waals surface area contributed by atoms with E-state index < -0.39 is 65.6 Å². The second-order valence-corrected chi connectivity index (χ2v) is 9.77. The summed E-state index contributed by atoms with van der Waals surface area (Å²) in [4.78, 5) is 62.1. The topological polar surface area (TPSA) is 226 Å². The van der Waals surface area contributed by atoms with Gasteiger partial charge in [0.2, 0.25) is 29.5 Å². The number of hydroxylamine groups is 1. The molecule has 0 spiro atoms. The van der Waals surface area contributed by atoms with Crippen molar-refractivity contribution in [2.45, 2.75) is 91.0 Å². The molecule has 0 unspecified atom stereocenters. The number of aliphatic hydroxyl groups excluding tert-OH is 1. The lowest BCUT2D eigenvalue weighted by Crippen LogP contribution is -2.60. The molecule has 0 saturated carbocycles. The summed E-state index contributed by atoms with van der Waals surface area (Å²) < 4.78 is 0. The molecule has 10 N–H and O–H groups in total. The number of carbonyl (C=O) groups is 5. The number of unbranched alkanes of at least 4 members (excludes halogenated alkanes) is 1. The minimum atomic E-state index is -1.42. The number of hydrogen-bond donors (Lipinski definition) is 8. The van der Waals surface area contributed by atoms with Gasteiger partial charge in [-0.05, 0) is 51.0 Å². The highest BCUT2D eigenvalue weighted by Gasteiger charge is 2.34. The predicted octanol–water partition coefficient (Wildman–Crippen LogP) is -1.35. The molecule has 0 rings (SSSR count). The van der Waals surface area contributed by atoms with Crippen LogP contribution in [0.2, 0.25) is 0 Å². The normalized spacial score (nSPS) is 15.4. The van der Waals surface area contributed by atoms with Crippen molar-refractivity contribution in [2.24, 2.45) is 29.2 Å². The van der Waals surface area contributed by atoms with Crippen LogP contribution < -0.4 is 32.9 Å². The van der Waals surface area contributed by atoms with Crippen LogP contribution in [0.4, 0.5) is 0 Å². The molecule has 0 aromatic carbocycles. The quantitative estimate of drug-likeness (QED) is 0.0653. The van der Waals surface area contributed by atoms with Gasteiger partial charge >= 0.3 is 0 Å². The first-order valence-electron chi connectivity index (χ1n) is 12.3. The fourth-order valence-corrected chi connectivity index (χ4v) is 3.62. The highest BCUT2D eigenvalue weighted by Crippen LogP contribution is 2.17. The minimum Gasteiger partial charge on any atom is -0.391 e. The zero-order valence-electron chi connectivity index (χ0n) is 21.9. The molecule has 0 radical (unpaired) electrons. The number of hydrogen-bond acceptors (Lipinski definition) is 8. The maximum atomic E-state index is 13.1. The van der Waals surface area contributed by atoms with Gasteiger partial charge in [-0.15, -0.1) is 0 Å². The van der Waals surface area contributed by atoms with E-state index in [1.807, 2.05) is 13.8 Å². The first kappa shape index (κ1) is 33.2. The standard InChI is InChI=1S/C23H44N6O7/c1-12(2)10-15(11-17(31)29-36)21(33)27-18(13(3)4)22(34)28-19(14(5)30)23(35)26-16(20(25)32)8-6-7-9-24/h12-16,18-19,30,36H,6-11,24H2,1-5H3,(H2,25,32)(H,26,35)(H,27,33)(H,28,34)(H,29,31)/t14-,15-,16+,18+,19+/m1/s1. The van der Waals surface area contributed by atoms with Crippen LogP contribution >= 0.6 is 0 Å². The van der Waals surface area contributed by atoms with Crippen molar-refractivity contribution in [3.8, 4) is 0 Å². The van der Waals surface area contributed by atoms with Crippen LogP contribution in [0.15, 0.2) is 0 Å². The third kappa shape index (κ3) is 12.3. The van der Waals surface area contributed by atoms with Gasteiger partial charge < -0.3 is 32.5 Å². The lowest BCUT2D eigenvalue weighted by molar-refractivity contribution is -0.138. The molecule has 13 heteroatoms. The molecule has 0 bridgehead atoms. The van der Waals surface area contributed by atoms with Gasteiger partial charge in [0.05, 0.1) is 6.10 Å². The smallest absolute Gasteiger partial charge is 0.245 e.